The second-order valence-corrected chi connectivity index (χ2v) is 7.84. The predicted octanol–water partition coefficient (Wildman–Crippen LogP) is 4.92. The van der Waals surface area contributed by atoms with Crippen molar-refractivity contribution in [3.05, 3.63) is 52.5 Å². The molecule has 6 nitrogen and oxygen atoms in total. The van der Waals surface area contributed by atoms with E-state index < -0.39 is 6.23 Å². The van der Waals surface area contributed by atoms with Gasteiger partial charge in [-0.2, -0.15) is 4.98 Å². The molecule has 8 heteroatoms. The van der Waals surface area contributed by atoms with Gasteiger partial charge in [0.2, 0.25) is 11.0 Å². The molecule has 0 saturated carbocycles. The number of nitrogens with zero attached hydrogens (tertiary/aromatic N) is 3. The number of methoxy groups -OCH3 is 1. The van der Waals surface area contributed by atoms with Gasteiger partial charge < -0.3 is 14.8 Å². The molecule has 138 valence electrons. The molecule has 1 atom stereocenters. The molecule has 0 unspecified atom stereocenters. The highest BCUT2D eigenvalue weighted by atomic mass is 79.9. The number of anilines is 1. The van der Waals surface area contributed by atoms with Crippen LogP contribution < -0.4 is 14.8 Å². The van der Waals surface area contributed by atoms with Crippen molar-refractivity contribution in [2.75, 3.05) is 18.2 Å². The van der Waals surface area contributed by atoms with Crippen LogP contribution in [-0.2, 0) is 0 Å². The van der Waals surface area contributed by atoms with Gasteiger partial charge >= 0.3 is 0 Å². The zero-order valence-corrected chi connectivity index (χ0v) is 17.2. The molecule has 2 heterocycles. The van der Waals surface area contributed by atoms with E-state index in [2.05, 4.69) is 36.4 Å². The lowest BCUT2D eigenvalue weighted by Gasteiger charge is -2.21. The van der Waals surface area contributed by atoms with E-state index in [1.54, 1.807) is 7.11 Å². The van der Waals surface area contributed by atoms with Crippen LogP contribution in [-0.4, -0.2) is 28.0 Å². The third kappa shape index (κ3) is 3.59. The molecule has 4 rings (SSSR count). The van der Waals surface area contributed by atoms with Gasteiger partial charge in [0.1, 0.15) is 5.75 Å². The Kier molecular flexibility index (Phi) is 5.18. The smallest absolute Gasteiger partial charge is 0.247 e. The summed E-state index contributed by atoms with van der Waals surface area (Å²) in [5, 5.41) is 12.7. The molecule has 3 aromatic rings. The van der Waals surface area contributed by atoms with Crippen LogP contribution in [0.25, 0.3) is 11.3 Å². The standard InChI is InChI=1S/C19H17BrN4O2S/c1-3-27-19-22-18-16(23-24-19)12-6-4-5-7-15(12)21-17(26-18)13-10-11(25-2)8-9-14(13)20/h4-10,17,21H,3H2,1-2H3/t17-/m0/s1. The summed E-state index contributed by atoms with van der Waals surface area (Å²) < 4.78 is 12.6. The Balaban J connectivity index is 1.85. The SMILES string of the molecule is CCSc1nnc2c(n1)O[C@@H](c1cc(OC)ccc1Br)Nc1ccccc1-2. The maximum atomic E-state index is 6.27. The normalized spacial score (nSPS) is 15.0. The summed E-state index contributed by atoms with van der Waals surface area (Å²) in [7, 11) is 1.64. The Labute approximate surface area is 169 Å². The summed E-state index contributed by atoms with van der Waals surface area (Å²) in [5.74, 6) is 2.07. The van der Waals surface area contributed by atoms with Crippen molar-refractivity contribution >= 4 is 33.4 Å². The van der Waals surface area contributed by atoms with Crippen LogP contribution in [0.2, 0.25) is 0 Å². The maximum Gasteiger partial charge on any atom is 0.247 e. The van der Waals surface area contributed by atoms with Crippen LogP contribution in [0, 0.1) is 0 Å². The highest BCUT2D eigenvalue weighted by Crippen LogP contribution is 2.41. The average molecular weight is 445 g/mol. The van der Waals surface area contributed by atoms with Crippen molar-refractivity contribution in [3.63, 3.8) is 0 Å². The number of rotatable bonds is 4. The van der Waals surface area contributed by atoms with Gasteiger partial charge in [-0.3, -0.25) is 0 Å². The maximum absolute atomic E-state index is 6.27. The van der Waals surface area contributed by atoms with Crippen molar-refractivity contribution < 1.29 is 9.47 Å². The number of fused-ring (bicyclic) bond motifs is 3. The Morgan fingerprint density at radius 2 is 2.07 bits per heavy atom. The lowest BCUT2D eigenvalue weighted by atomic mass is 10.1. The lowest BCUT2D eigenvalue weighted by molar-refractivity contribution is 0.224. The molecular formula is C19H17BrN4O2S. The van der Waals surface area contributed by atoms with E-state index in [1.165, 1.54) is 11.8 Å². The topological polar surface area (TPSA) is 69.2 Å². The highest BCUT2D eigenvalue weighted by molar-refractivity contribution is 9.10. The molecule has 0 radical (unpaired) electrons. The van der Waals surface area contributed by atoms with E-state index in [9.17, 15) is 0 Å². The molecular weight excluding hydrogens is 428 g/mol. The summed E-state index contributed by atoms with van der Waals surface area (Å²) in [6.45, 7) is 2.05. The monoisotopic (exact) mass is 444 g/mol. The van der Waals surface area contributed by atoms with E-state index in [4.69, 9.17) is 9.47 Å². The number of ether oxygens (including phenoxy) is 2. The molecule has 1 aliphatic rings. The molecule has 1 aliphatic heterocycles. The number of nitrogens with one attached hydrogen (secondary N) is 1. The van der Waals surface area contributed by atoms with Gasteiger partial charge in [0.25, 0.3) is 0 Å². The molecule has 0 bridgehead atoms. The van der Waals surface area contributed by atoms with Crippen LogP contribution >= 0.6 is 27.7 Å². The van der Waals surface area contributed by atoms with Gasteiger partial charge in [0.15, 0.2) is 11.9 Å². The minimum Gasteiger partial charge on any atom is -0.497 e. The molecule has 1 N–H and O–H groups in total. The van der Waals surface area contributed by atoms with Crippen molar-refractivity contribution in [1.82, 2.24) is 15.2 Å². The van der Waals surface area contributed by atoms with Gasteiger partial charge in [0.05, 0.1) is 7.11 Å². The van der Waals surface area contributed by atoms with E-state index in [0.717, 1.165) is 32.8 Å². The van der Waals surface area contributed by atoms with Crippen LogP contribution in [0.3, 0.4) is 0 Å². The number of benzene rings is 2. The van der Waals surface area contributed by atoms with Gasteiger partial charge in [-0.25, -0.2) is 0 Å². The van der Waals surface area contributed by atoms with Gasteiger partial charge in [-0.1, -0.05) is 52.8 Å². The zero-order valence-electron chi connectivity index (χ0n) is 14.8. The summed E-state index contributed by atoms with van der Waals surface area (Å²) in [5.41, 5.74) is 3.34. The first kappa shape index (κ1) is 18.1. The predicted molar refractivity (Wildman–Crippen MR) is 109 cm³/mol. The average Bonchev–Trinajstić information content (AvgIpc) is 2.85. The second-order valence-electron chi connectivity index (χ2n) is 5.76. The molecule has 0 saturated heterocycles. The molecule has 2 aromatic carbocycles. The molecule has 0 amide bonds. The van der Waals surface area contributed by atoms with Crippen molar-refractivity contribution in [1.29, 1.82) is 0 Å². The highest BCUT2D eigenvalue weighted by Gasteiger charge is 2.27. The Hall–Kier alpha value is -2.32. The number of hydrogen-bond donors (Lipinski definition) is 1. The van der Waals surface area contributed by atoms with Crippen molar-refractivity contribution in [3.8, 4) is 22.9 Å². The van der Waals surface area contributed by atoms with Gasteiger partial charge in [-0.05, 0) is 30.0 Å². The van der Waals surface area contributed by atoms with E-state index in [1.807, 2.05) is 49.4 Å². The first-order valence-corrected chi connectivity index (χ1v) is 10.2. The largest absolute Gasteiger partial charge is 0.497 e. The minimum absolute atomic E-state index is 0.457. The number of para-hydroxylation sites is 1. The van der Waals surface area contributed by atoms with E-state index >= 15 is 0 Å². The Morgan fingerprint density at radius 1 is 1.22 bits per heavy atom. The zero-order chi connectivity index (χ0) is 18.8. The number of aromatic nitrogens is 3. The van der Waals surface area contributed by atoms with Crippen molar-refractivity contribution in [2.24, 2.45) is 0 Å². The van der Waals surface area contributed by atoms with Crippen LogP contribution in [0.15, 0.2) is 52.1 Å². The molecule has 0 fully saturated rings. The van der Waals surface area contributed by atoms with Crippen LogP contribution in [0.5, 0.6) is 11.6 Å². The fraction of sp³-hybridized carbons (Fsp3) is 0.211. The third-order valence-electron chi connectivity index (χ3n) is 4.09. The minimum atomic E-state index is -0.465. The molecule has 27 heavy (non-hydrogen) atoms. The van der Waals surface area contributed by atoms with E-state index in [0.29, 0.717) is 16.7 Å². The van der Waals surface area contributed by atoms with Gasteiger partial charge in [0, 0.05) is 21.3 Å². The van der Waals surface area contributed by atoms with Crippen LogP contribution in [0.1, 0.15) is 18.7 Å². The quantitative estimate of drug-likeness (QED) is 0.572. The Bertz CT molecular complexity index is 986. The fourth-order valence-electron chi connectivity index (χ4n) is 2.83. The number of hydrogen-bond acceptors (Lipinski definition) is 7. The Morgan fingerprint density at radius 3 is 2.89 bits per heavy atom. The first-order valence-electron chi connectivity index (χ1n) is 8.43. The number of thioether (sulfide) groups is 1. The number of halogens is 1. The first-order chi connectivity index (χ1) is 13.2. The van der Waals surface area contributed by atoms with E-state index in [-0.39, 0.29) is 0 Å². The summed E-state index contributed by atoms with van der Waals surface area (Å²) in [6, 6.07) is 13.7. The molecule has 0 aliphatic carbocycles. The lowest BCUT2D eigenvalue weighted by Crippen LogP contribution is -2.17. The summed E-state index contributed by atoms with van der Waals surface area (Å²) in [4.78, 5) is 4.59. The van der Waals surface area contributed by atoms with Gasteiger partial charge in [-0.15, -0.1) is 10.2 Å². The van der Waals surface area contributed by atoms with Crippen molar-refractivity contribution in [2.45, 2.75) is 18.3 Å². The third-order valence-corrected chi connectivity index (χ3v) is 5.53. The summed E-state index contributed by atoms with van der Waals surface area (Å²) in [6.07, 6.45) is -0.465. The van der Waals surface area contributed by atoms with Crippen LogP contribution in [0.4, 0.5) is 5.69 Å². The fourth-order valence-corrected chi connectivity index (χ4v) is 3.79. The summed E-state index contributed by atoms with van der Waals surface area (Å²) >= 11 is 5.14. The molecule has 1 aromatic heterocycles. The second kappa shape index (κ2) is 7.74. The molecule has 0 spiro atoms.